The summed E-state index contributed by atoms with van der Waals surface area (Å²) < 4.78 is 5.49. The van der Waals surface area contributed by atoms with Gasteiger partial charge in [-0.15, -0.1) is 0 Å². The molecule has 0 bridgehead atoms. The Morgan fingerprint density at radius 2 is 2.24 bits per heavy atom. The van der Waals surface area contributed by atoms with Crippen molar-refractivity contribution in [1.29, 1.82) is 0 Å². The predicted molar refractivity (Wildman–Crippen MR) is 72.4 cm³/mol. The third kappa shape index (κ3) is 2.65. The Labute approximate surface area is 103 Å². The van der Waals surface area contributed by atoms with Gasteiger partial charge < -0.3 is 15.8 Å². The number of nitrogens with two attached hydrogens (primary N) is 1. The van der Waals surface area contributed by atoms with E-state index in [1.165, 1.54) is 19.3 Å². The highest BCUT2D eigenvalue weighted by molar-refractivity contribution is 5.73. The molecule has 0 aliphatic heterocycles. The van der Waals surface area contributed by atoms with Gasteiger partial charge in [-0.3, -0.25) is 0 Å². The number of anilines is 2. The van der Waals surface area contributed by atoms with Crippen molar-refractivity contribution < 1.29 is 4.74 Å². The van der Waals surface area contributed by atoms with Gasteiger partial charge in [0.2, 0.25) is 0 Å². The quantitative estimate of drug-likeness (QED) is 0.769. The fourth-order valence-corrected chi connectivity index (χ4v) is 2.25. The first-order chi connectivity index (χ1) is 8.22. The Morgan fingerprint density at radius 1 is 1.47 bits per heavy atom. The average Bonchev–Trinajstić information content (AvgIpc) is 2.21. The van der Waals surface area contributed by atoms with Gasteiger partial charge >= 0.3 is 0 Å². The number of benzene rings is 1. The number of hydrogen-bond acceptors (Lipinski definition) is 3. The maximum absolute atomic E-state index is 6.09. The molecule has 1 aliphatic rings. The first-order valence-corrected chi connectivity index (χ1v) is 6.50. The minimum atomic E-state index is 0.489. The lowest BCUT2D eigenvalue weighted by molar-refractivity contribution is 0.285. The molecule has 0 aromatic heterocycles. The number of hydrogen-bond donors (Lipinski definition) is 2. The average molecular weight is 234 g/mol. The molecule has 1 saturated carbocycles. The standard InChI is InChI=1S/C14H22N2O/c1-3-17-13-9-5-8-12(14(13)15)16-10(2)11-6-4-7-11/h5,8-11,16H,3-4,6-7,15H2,1-2H3. The van der Waals surface area contributed by atoms with Crippen molar-refractivity contribution in [3.8, 4) is 5.75 Å². The van der Waals surface area contributed by atoms with Crippen LogP contribution in [0.15, 0.2) is 18.2 Å². The summed E-state index contributed by atoms with van der Waals surface area (Å²) in [4.78, 5) is 0. The van der Waals surface area contributed by atoms with Crippen LogP contribution in [0, 0.1) is 5.92 Å². The Kier molecular flexibility index (Phi) is 3.77. The van der Waals surface area contributed by atoms with Crippen molar-refractivity contribution >= 4 is 11.4 Å². The summed E-state index contributed by atoms with van der Waals surface area (Å²) in [5.41, 5.74) is 7.81. The fourth-order valence-electron chi connectivity index (χ4n) is 2.25. The third-order valence-corrected chi connectivity index (χ3v) is 3.61. The van der Waals surface area contributed by atoms with Crippen LogP contribution in [-0.4, -0.2) is 12.6 Å². The topological polar surface area (TPSA) is 47.3 Å². The van der Waals surface area contributed by atoms with Gasteiger partial charge in [0.1, 0.15) is 5.75 Å². The maximum atomic E-state index is 6.09. The van der Waals surface area contributed by atoms with Crippen LogP contribution < -0.4 is 15.8 Å². The zero-order valence-electron chi connectivity index (χ0n) is 10.7. The van der Waals surface area contributed by atoms with Crippen molar-refractivity contribution in [3.05, 3.63) is 18.2 Å². The van der Waals surface area contributed by atoms with E-state index >= 15 is 0 Å². The van der Waals surface area contributed by atoms with Crippen molar-refractivity contribution in [3.63, 3.8) is 0 Å². The molecule has 3 N–H and O–H groups in total. The van der Waals surface area contributed by atoms with Gasteiger partial charge in [0.05, 0.1) is 18.0 Å². The van der Waals surface area contributed by atoms with E-state index in [2.05, 4.69) is 12.2 Å². The van der Waals surface area contributed by atoms with Gasteiger partial charge in [0.15, 0.2) is 0 Å². The van der Waals surface area contributed by atoms with Gasteiger partial charge in [-0.1, -0.05) is 12.5 Å². The number of rotatable bonds is 5. The van der Waals surface area contributed by atoms with E-state index in [4.69, 9.17) is 10.5 Å². The summed E-state index contributed by atoms with van der Waals surface area (Å²) in [6.45, 7) is 4.85. The lowest BCUT2D eigenvalue weighted by Gasteiger charge is -2.33. The lowest BCUT2D eigenvalue weighted by atomic mass is 9.80. The van der Waals surface area contributed by atoms with E-state index < -0.39 is 0 Å². The molecule has 0 heterocycles. The molecule has 1 aromatic carbocycles. The van der Waals surface area contributed by atoms with E-state index in [0.717, 1.165) is 23.0 Å². The molecule has 0 spiro atoms. The van der Waals surface area contributed by atoms with Crippen LogP contribution in [0.1, 0.15) is 33.1 Å². The summed E-state index contributed by atoms with van der Waals surface area (Å²) >= 11 is 0. The van der Waals surface area contributed by atoms with Crippen LogP contribution in [-0.2, 0) is 0 Å². The van der Waals surface area contributed by atoms with Crippen LogP contribution in [0.3, 0.4) is 0 Å². The Hall–Kier alpha value is -1.38. The number of para-hydroxylation sites is 1. The van der Waals surface area contributed by atoms with Gasteiger partial charge in [-0.05, 0) is 44.7 Å². The minimum Gasteiger partial charge on any atom is -0.492 e. The highest BCUT2D eigenvalue weighted by Gasteiger charge is 2.24. The van der Waals surface area contributed by atoms with Crippen LogP contribution >= 0.6 is 0 Å². The third-order valence-electron chi connectivity index (χ3n) is 3.61. The van der Waals surface area contributed by atoms with Crippen LogP contribution in [0.4, 0.5) is 11.4 Å². The summed E-state index contributed by atoms with van der Waals surface area (Å²) in [6, 6.07) is 6.41. The Balaban J connectivity index is 2.06. The van der Waals surface area contributed by atoms with E-state index in [1.807, 2.05) is 25.1 Å². The van der Waals surface area contributed by atoms with Gasteiger partial charge in [0.25, 0.3) is 0 Å². The number of nitrogen functional groups attached to an aromatic ring is 1. The second-order valence-electron chi connectivity index (χ2n) is 4.77. The van der Waals surface area contributed by atoms with E-state index in [9.17, 15) is 0 Å². The molecule has 3 heteroatoms. The molecule has 17 heavy (non-hydrogen) atoms. The predicted octanol–water partition coefficient (Wildman–Crippen LogP) is 3.27. The van der Waals surface area contributed by atoms with E-state index in [-0.39, 0.29) is 0 Å². The minimum absolute atomic E-state index is 0.489. The smallest absolute Gasteiger partial charge is 0.144 e. The van der Waals surface area contributed by atoms with E-state index in [1.54, 1.807) is 0 Å². The highest BCUT2D eigenvalue weighted by Crippen LogP contribution is 2.34. The number of nitrogens with one attached hydrogen (secondary N) is 1. The van der Waals surface area contributed by atoms with Gasteiger partial charge in [0, 0.05) is 6.04 Å². The number of ether oxygens (including phenoxy) is 1. The van der Waals surface area contributed by atoms with Crippen LogP contribution in [0.2, 0.25) is 0 Å². The molecule has 1 fully saturated rings. The molecule has 94 valence electrons. The molecule has 1 atom stereocenters. The molecular formula is C14H22N2O. The largest absolute Gasteiger partial charge is 0.492 e. The molecule has 0 radical (unpaired) electrons. The van der Waals surface area contributed by atoms with Crippen molar-refractivity contribution in [1.82, 2.24) is 0 Å². The summed E-state index contributed by atoms with van der Waals surface area (Å²) in [5, 5.41) is 3.51. The molecule has 1 aliphatic carbocycles. The van der Waals surface area contributed by atoms with Crippen LogP contribution in [0.25, 0.3) is 0 Å². The molecule has 1 aromatic rings. The second kappa shape index (κ2) is 5.30. The zero-order valence-corrected chi connectivity index (χ0v) is 10.7. The highest BCUT2D eigenvalue weighted by atomic mass is 16.5. The van der Waals surface area contributed by atoms with Crippen LogP contribution in [0.5, 0.6) is 5.75 Å². The molecule has 3 nitrogen and oxygen atoms in total. The Bertz CT molecular complexity index is 374. The second-order valence-corrected chi connectivity index (χ2v) is 4.77. The van der Waals surface area contributed by atoms with Crippen molar-refractivity contribution in [2.24, 2.45) is 5.92 Å². The summed E-state index contributed by atoms with van der Waals surface area (Å²) in [6.07, 6.45) is 4.03. The fraction of sp³-hybridized carbons (Fsp3) is 0.571. The maximum Gasteiger partial charge on any atom is 0.144 e. The summed E-state index contributed by atoms with van der Waals surface area (Å²) in [5.74, 6) is 1.57. The van der Waals surface area contributed by atoms with Gasteiger partial charge in [-0.25, -0.2) is 0 Å². The van der Waals surface area contributed by atoms with Crippen molar-refractivity contribution in [2.75, 3.05) is 17.7 Å². The monoisotopic (exact) mass is 234 g/mol. The van der Waals surface area contributed by atoms with Gasteiger partial charge in [-0.2, -0.15) is 0 Å². The molecule has 0 saturated heterocycles. The first-order valence-electron chi connectivity index (χ1n) is 6.50. The molecule has 2 rings (SSSR count). The lowest BCUT2D eigenvalue weighted by Crippen LogP contribution is -2.31. The normalized spacial score (nSPS) is 17.3. The van der Waals surface area contributed by atoms with Crippen molar-refractivity contribution in [2.45, 2.75) is 39.2 Å². The first kappa shape index (κ1) is 12.1. The summed E-state index contributed by atoms with van der Waals surface area (Å²) in [7, 11) is 0. The molecular weight excluding hydrogens is 212 g/mol. The molecule has 1 unspecified atom stereocenters. The van der Waals surface area contributed by atoms with E-state index in [0.29, 0.717) is 12.6 Å². The SMILES string of the molecule is CCOc1cccc(NC(C)C2CCC2)c1N. The molecule has 0 amide bonds. The zero-order chi connectivity index (χ0) is 12.3. The Morgan fingerprint density at radius 3 is 2.82 bits per heavy atom.